The van der Waals surface area contributed by atoms with E-state index in [1.807, 2.05) is 12.1 Å². The summed E-state index contributed by atoms with van der Waals surface area (Å²) in [7, 11) is 0. The zero-order valence-electron chi connectivity index (χ0n) is 7.83. The van der Waals surface area contributed by atoms with Crippen molar-refractivity contribution in [1.82, 2.24) is 0 Å². The third-order valence-corrected chi connectivity index (χ3v) is 2.55. The zero-order valence-corrected chi connectivity index (χ0v) is 9.41. The van der Waals surface area contributed by atoms with Crippen LogP contribution in [0.1, 0.15) is 12.5 Å². The summed E-state index contributed by atoms with van der Waals surface area (Å²) in [6, 6.07) is 5.49. The number of halogens is 1. The fourth-order valence-electron chi connectivity index (χ4n) is 1.17. The molecule has 1 aromatic rings. The second-order valence-electron chi connectivity index (χ2n) is 3.29. The molecule has 0 aliphatic heterocycles. The van der Waals surface area contributed by atoms with Crippen molar-refractivity contribution in [1.29, 1.82) is 0 Å². The molecule has 0 radical (unpaired) electrons. The molecule has 3 nitrogen and oxygen atoms in total. The normalized spacial score (nSPS) is 12.4. The van der Waals surface area contributed by atoms with E-state index < -0.39 is 11.9 Å². The Bertz CT molecular complexity index is 352. The van der Waals surface area contributed by atoms with Gasteiger partial charge in [0.25, 0.3) is 0 Å². The molecule has 0 aliphatic rings. The van der Waals surface area contributed by atoms with E-state index in [9.17, 15) is 4.79 Å². The molecule has 1 rings (SSSR count). The lowest BCUT2D eigenvalue weighted by atomic mass is 10.0. The maximum atomic E-state index is 10.6. The van der Waals surface area contributed by atoms with E-state index >= 15 is 0 Å². The lowest BCUT2D eigenvalue weighted by Gasteiger charge is -2.09. The van der Waals surface area contributed by atoms with E-state index in [4.69, 9.17) is 10.8 Å². The molecule has 0 aliphatic carbocycles. The molecule has 1 unspecified atom stereocenters. The van der Waals surface area contributed by atoms with Gasteiger partial charge in [-0.3, -0.25) is 4.79 Å². The SMILES string of the molecule is CC(Cc1ccc(Br)cc1N)C(=O)O. The summed E-state index contributed by atoms with van der Waals surface area (Å²) in [5.74, 6) is -1.20. The quantitative estimate of drug-likeness (QED) is 0.817. The predicted octanol–water partition coefficient (Wildman–Crippen LogP) is 2.29. The highest BCUT2D eigenvalue weighted by molar-refractivity contribution is 9.10. The van der Waals surface area contributed by atoms with Crippen LogP contribution in [-0.2, 0) is 11.2 Å². The Morgan fingerprint density at radius 2 is 2.29 bits per heavy atom. The van der Waals surface area contributed by atoms with E-state index in [0.717, 1.165) is 10.0 Å². The Morgan fingerprint density at radius 3 is 2.79 bits per heavy atom. The van der Waals surface area contributed by atoms with Gasteiger partial charge < -0.3 is 10.8 Å². The molecule has 1 atom stereocenters. The minimum Gasteiger partial charge on any atom is -0.481 e. The van der Waals surface area contributed by atoms with Crippen molar-refractivity contribution in [2.75, 3.05) is 5.73 Å². The molecule has 3 N–H and O–H groups in total. The zero-order chi connectivity index (χ0) is 10.7. The van der Waals surface area contributed by atoms with Crippen LogP contribution in [-0.4, -0.2) is 11.1 Å². The van der Waals surface area contributed by atoms with Crippen LogP contribution in [0.3, 0.4) is 0 Å². The van der Waals surface area contributed by atoms with Crippen LogP contribution in [0.2, 0.25) is 0 Å². The van der Waals surface area contributed by atoms with Crippen molar-refractivity contribution < 1.29 is 9.90 Å². The van der Waals surface area contributed by atoms with Crippen LogP contribution < -0.4 is 5.73 Å². The van der Waals surface area contributed by atoms with Gasteiger partial charge in [0.2, 0.25) is 0 Å². The standard InChI is InChI=1S/C10H12BrNO2/c1-6(10(13)14)4-7-2-3-8(11)5-9(7)12/h2-3,5-6H,4,12H2,1H3,(H,13,14). The largest absolute Gasteiger partial charge is 0.481 e. The van der Waals surface area contributed by atoms with Gasteiger partial charge >= 0.3 is 5.97 Å². The molecule has 0 spiro atoms. The van der Waals surface area contributed by atoms with E-state index in [2.05, 4.69) is 15.9 Å². The van der Waals surface area contributed by atoms with Gasteiger partial charge in [0.1, 0.15) is 0 Å². The summed E-state index contributed by atoms with van der Waals surface area (Å²) in [5.41, 5.74) is 7.26. The predicted molar refractivity (Wildman–Crippen MR) is 59.1 cm³/mol. The number of benzene rings is 1. The van der Waals surface area contributed by atoms with Crippen LogP contribution in [0.15, 0.2) is 22.7 Å². The minimum atomic E-state index is -0.799. The van der Waals surface area contributed by atoms with Crippen molar-refractivity contribution in [2.45, 2.75) is 13.3 Å². The van der Waals surface area contributed by atoms with Crippen LogP contribution in [0.4, 0.5) is 5.69 Å². The number of carboxylic acid groups (broad SMARTS) is 1. The number of carboxylic acids is 1. The molecule has 0 fully saturated rings. The Labute approximate surface area is 91.1 Å². The number of anilines is 1. The van der Waals surface area contributed by atoms with Crippen LogP contribution in [0.5, 0.6) is 0 Å². The monoisotopic (exact) mass is 257 g/mol. The van der Waals surface area contributed by atoms with Crippen molar-refractivity contribution in [3.63, 3.8) is 0 Å². The minimum absolute atomic E-state index is 0.404. The average molecular weight is 258 g/mol. The Balaban J connectivity index is 2.82. The smallest absolute Gasteiger partial charge is 0.306 e. The second kappa shape index (κ2) is 4.46. The summed E-state index contributed by atoms with van der Waals surface area (Å²) >= 11 is 3.30. The van der Waals surface area contributed by atoms with Crippen molar-refractivity contribution in [2.24, 2.45) is 5.92 Å². The van der Waals surface area contributed by atoms with Gasteiger partial charge in [0.15, 0.2) is 0 Å². The molecule has 0 bridgehead atoms. The number of aliphatic carboxylic acids is 1. The molecule has 0 heterocycles. The average Bonchev–Trinajstić information content (AvgIpc) is 2.09. The van der Waals surface area contributed by atoms with E-state index in [0.29, 0.717) is 12.1 Å². The highest BCUT2D eigenvalue weighted by Gasteiger charge is 2.12. The molecule has 76 valence electrons. The first kappa shape index (κ1) is 11.0. The lowest BCUT2D eigenvalue weighted by molar-refractivity contribution is -0.141. The Morgan fingerprint density at radius 1 is 1.64 bits per heavy atom. The van der Waals surface area contributed by atoms with Crippen LogP contribution in [0.25, 0.3) is 0 Å². The summed E-state index contributed by atoms with van der Waals surface area (Å²) in [6.45, 7) is 1.67. The van der Waals surface area contributed by atoms with Gasteiger partial charge in [0, 0.05) is 10.2 Å². The Kier molecular flexibility index (Phi) is 3.52. The van der Waals surface area contributed by atoms with Crippen LogP contribution in [0, 0.1) is 5.92 Å². The van der Waals surface area contributed by atoms with Crippen molar-refractivity contribution in [3.05, 3.63) is 28.2 Å². The van der Waals surface area contributed by atoms with Gasteiger partial charge in [-0.05, 0) is 24.1 Å². The molecule has 0 saturated carbocycles. The molecule has 0 aromatic heterocycles. The fourth-order valence-corrected chi connectivity index (χ4v) is 1.55. The number of carbonyl (C=O) groups is 1. The molecule has 14 heavy (non-hydrogen) atoms. The second-order valence-corrected chi connectivity index (χ2v) is 4.20. The summed E-state index contributed by atoms with van der Waals surface area (Å²) in [4.78, 5) is 10.6. The lowest BCUT2D eigenvalue weighted by Crippen LogP contribution is -2.13. The maximum Gasteiger partial charge on any atom is 0.306 e. The molecular weight excluding hydrogens is 246 g/mol. The summed E-state index contributed by atoms with van der Waals surface area (Å²) < 4.78 is 0.904. The van der Waals surface area contributed by atoms with E-state index in [1.54, 1.807) is 13.0 Å². The number of rotatable bonds is 3. The summed E-state index contributed by atoms with van der Waals surface area (Å²) in [6.07, 6.45) is 0.467. The first-order chi connectivity index (χ1) is 6.50. The Hall–Kier alpha value is -1.03. The van der Waals surface area contributed by atoms with Gasteiger partial charge in [-0.15, -0.1) is 0 Å². The first-order valence-electron chi connectivity index (χ1n) is 4.27. The molecule has 0 saturated heterocycles. The van der Waals surface area contributed by atoms with E-state index in [-0.39, 0.29) is 0 Å². The molecule has 4 heteroatoms. The maximum absolute atomic E-state index is 10.6. The van der Waals surface area contributed by atoms with Gasteiger partial charge in [-0.1, -0.05) is 28.9 Å². The topological polar surface area (TPSA) is 63.3 Å². The number of nitrogens with two attached hydrogens (primary N) is 1. The number of hydrogen-bond donors (Lipinski definition) is 2. The first-order valence-corrected chi connectivity index (χ1v) is 5.06. The van der Waals surface area contributed by atoms with Gasteiger partial charge in [-0.25, -0.2) is 0 Å². The summed E-state index contributed by atoms with van der Waals surface area (Å²) in [5, 5.41) is 8.74. The molecule has 0 amide bonds. The van der Waals surface area contributed by atoms with Crippen LogP contribution >= 0.6 is 15.9 Å². The fraction of sp³-hybridized carbons (Fsp3) is 0.300. The molecular formula is C10H12BrNO2. The van der Waals surface area contributed by atoms with Crippen molar-refractivity contribution >= 4 is 27.6 Å². The number of nitrogen functional groups attached to an aromatic ring is 1. The van der Waals surface area contributed by atoms with Crippen molar-refractivity contribution in [3.8, 4) is 0 Å². The van der Waals surface area contributed by atoms with E-state index in [1.165, 1.54) is 0 Å². The molecule has 1 aromatic carbocycles. The third kappa shape index (κ3) is 2.73. The van der Waals surface area contributed by atoms with Gasteiger partial charge in [-0.2, -0.15) is 0 Å². The third-order valence-electron chi connectivity index (χ3n) is 2.06. The van der Waals surface area contributed by atoms with Gasteiger partial charge in [0.05, 0.1) is 5.92 Å². The highest BCUT2D eigenvalue weighted by Crippen LogP contribution is 2.21. The number of hydrogen-bond acceptors (Lipinski definition) is 2. The highest BCUT2D eigenvalue weighted by atomic mass is 79.9.